The number of aromatic nitrogens is 3. The van der Waals surface area contributed by atoms with Crippen LogP contribution in [0.15, 0.2) is 6.20 Å². The number of carbonyl (C=O) groups excluding carboxylic acids is 1. The highest BCUT2D eigenvalue weighted by molar-refractivity contribution is 5.68. The summed E-state index contributed by atoms with van der Waals surface area (Å²) in [4.78, 5) is 11.1. The lowest BCUT2D eigenvalue weighted by Crippen LogP contribution is -2.19. The van der Waals surface area contributed by atoms with Crippen molar-refractivity contribution in [1.29, 1.82) is 0 Å². The first-order chi connectivity index (χ1) is 7.10. The third kappa shape index (κ3) is 2.53. The molecule has 0 spiro atoms. The molecular formula is C9H16N4O2. The maximum Gasteiger partial charge on any atom is 0.435 e. The van der Waals surface area contributed by atoms with E-state index in [1.807, 2.05) is 6.92 Å². The van der Waals surface area contributed by atoms with Crippen LogP contribution in [0.25, 0.3) is 0 Å². The molecule has 0 amide bonds. The molecule has 1 rings (SSSR count). The van der Waals surface area contributed by atoms with Crippen LogP contribution in [0.2, 0.25) is 0 Å². The van der Waals surface area contributed by atoms with Gasteiger partial charge in [0.1, 0.15) is 5.69 Å². The van der Waals surface area contributed by atoms with Crippen molar-refractivity contribution in [3.63, 3.8) is 0 Å². The highest BCUT2D eigenvalue weighted by atomic mass is 16.5. The first kappa shape index (κ1) is 11.6. The van der Waals surface area contributed by atoms with Crippen LogP contribution in [0.4, 0.5) is 4.79 Å². The molecule has 15 heavy (non-hydrogen) atoms. The Kier molecular flexibility index (Phi) is 3.79. The molecule has 2 atom stereocenters. The van der Waals surface area contributed by atoms with Crippen LogP contribution in [0, 0.1) is 5.92 Å². The van der Waals surface area contributed by atoms with E-state index in [4.69, 9.17) is 5.73 Å². The molecule has 0 aliphatic heterocycles. The summed E-state index contributed by atoms with van der Waals surface area (Å²) in [6, 6.07) is -0.201. The second kappa shape index (κ2) is 4.88. The maximum absolute atomic E-state index is 11.1. The Morgan fingerprint density at radius 3 is 2.93 bits per heavy atom. The highest BCUT2D eigenvalue weighted by Crippen LogP contribution is 2.19. The number of hydrogen-bond donors (Lipinski definition) is 1. The van der Waals surface area contributed by atoms with Gasteiger partial charge in [-0.3, -0.25) is 0 Å². The fraction of sp³-hybridized carbons (Fsp3) is 0.667. The topological polar surface area (TPSA) is 83.0 Å². The zero-order valence-corrected chi connectivity index (χ0v) is 9.17. The average molecular weight is 212 g/mol. The van der Waals surface area contributed by atoms with E-state index in [0.29, 0.717) is 11.6 Å². The van der Waals surface area contributed by atoms with Crippen molar-refractivity contribution in [1.82, 2.24) is 15.0 Å². The van der Waals surface area contributed by atoms with Crippen LogP contribution >= 0.6 is 0 Å². The molecule has 1 aromatic heterocycles. The van der Waals surface area contributed by atoms with Gasteiger partial charge in [-0.1, -0.05) is 25.5 Å². The average Bonchev–Trinajstić information content (AvgIpc) is 2.75. The minimum absolute atomic E-state index is 0.201. The van der Waals surface area contributed by atoms with Crippen molar-refractivity contribution in [2.45, 2.75) is 26.3 Å². The summed E-state index contributed by atoms with van der Waals surface area (Å²) >= 11 is 0. The SMILES string of the molecule is CCC(C)C(N)c1cn(C(=O)OC)nn1. The van der Waals surface area contributed by atoms with E-state index < -0.39 is 6.09 Å². The maximum atomic E-state index is 11.1. The van der Waals surface area contributed by atoms with Gasteiger partial charge in [0.15, 0.2) is 0 Å². The fourth-order valence-electron chi connectivity index (χ4n) is 1.16. The number of nitrogens with two attached hydrogens (primary N) is 1. The van der Waals surface area contributed by atoms with Crippen LogP contribution in [-0.2, 0) is 4.74 Å². The van der Waals surface area contributed by atoms with Crippen molar-refractivity contribution in [2.75, 3.05) is 7.11 Å². The molecule has 0 aliphatic rings. The molecule has 0 aliphatic carbocycles. The largest absolute Gasteiger partial charge is 0.451 e. The van der Waals surface area contributed by atoms with Gasteiger partial charge in [-0.15, -0.1) is 5.10 Å². The summed E-state index contributed by atoms with van der Waals surface area (Å²) < 4.78 is 5.54. The molecule has 6 heteroatoms. The van der Waals surface area contributed by atoms with Gasteiger partial charge in [0.25, 0.3) is 0 Å². The summed E-state index contributed by atoms with van der Waals surface area (Å²) in [5, 5.41) is 7.48. The predicted octanol–water partition coefficient (Wildman–Crippen LogP) is 0.939. The van der Waals surface area contributed by atoms with E-state index in [1.54, 1.807) is 0 Å². The van der Waals surface area contributed by atoms with Crippen LogP contribution in [0.1, 0.15) is 32.0 Å². The quantitative estimate of drug-likeness (QED) is 0.806. The first-order valence-electron chi connectivity index (χ1n) is 4.86. The first-order valence-corrected chi connectivity index (χ1v) is 4.86. The summed E-state index contributed by atoms with van der Waals surface area (Å²) in [6.45, 7) is 4.08. The van der Waals surface area contributed by atoms with Crippen LogP contribution in [0.3, 0.4) is 0 Å². The standard InChI is InChI=1S/C9H16N4O2/c1-4-6(2)8(10)7-5-13(12-11-7)9(14)15-3/h5-6,8H,4,10H2,1-3H3. The molecule has 1 aromatic rings. The molecule has 0 saturated heterocycles. The van der Waals surface area contributed by atoms with Crippen molar-refractivity contribution in [2.24, 2.45) is 11.7 Å². The number of carbonyl (C=O) groups is 1. The van der Waals surface area contributed by atoms with Crippen molar-refractivity contribution < 1.29 is 9.53 Å². The fourth-order valence-corrected chi connectivity index (χ4v) is 1.16. The van der Waals surface area contributed by atoms with E-state index in [-0.39, 0.29) is 6.04 Å². The van der Waals surface area contributed by atoms with Crippen LogP contribution in [0.5, 0.6) is 0 Å². The second-order valence-electron chi connectivity index (χ2n) is 3.47. The van der Waals surface area contributed by atoms with Gasteiger partial charge in [-0.25, -0.2) is 4.79 Å². The highest BCUT2D eigenvalue weighted by Gasteiger charge is 2.18. The van der Waals surface area contributed by atoms with Gasteiger partial charge in [-0.05, 0) is 5.92 Å². The lowest BCUT2D eigenvalue weighted by molar-refractivity contribution is 0.168. The molecule has 0 aromatic carbocycles. The lowest BCUT2D eigenvalue weighted by Gasteiger charge is -2.14. The van der Waals surface area contributed by atoms with Gasteiger partial charge in [0.2, 0.25) is 0 Å². The molecule has 0 radical (unpaired) electrons. The summed E-state index contributed by atoms with van der Waals surface area (Å²) in [7, 11) is 1.29. The second-order valence-corrected chi connectivity index (χ2v) is 3.47. The third-order valence-electron chi connectivity index (χ3n) is 2.47. The number of hydrogen-bond acceptors (Lipinski definition) is 5. The summed E-state index contributed by atoms with van der Waals surface area (Å²) in [5.74, 6) is 0.299. The Hall–Kier alpha value is -1.43. The Balaban J connectivity index is 2.79. The van der Waals surface area contributed by atoms with Crippen LogP contribution in [-0.4, -0.2) is 28.2 Å². The Bertz CT molecular complexity index is 337. The predicted molar refractivity (Wildman–Crippen MR) is 54.2 cm³/mol. The molecule has 0 bridgehead atoms. The molecular weight excluding hydrogens is 196 g/mol. The van der Waals surface area contributed by atoms with Crippen LogP contribution < -0.4 is 5.73 Å². The zero-order valence-electron chi connectivity index (χ0n) is 9.17. The van der Waals surface area contributed by atoms with Crippen molar-refractivity contribution >= 4 is 6.09 Å². The van der Waals surface area contributed by atoms with E-state index in [2.05, 4.69) is 22.0 Å². The third-order valence-corrected chi connectivity index (χ3v) is 2.47. The van der Waals surface area contributed by atoms with Crippen molar-refractivity contribution in [3.05, 3.63) is 11.9 Å². The van der Waals surface area contributed by atoms with Crippen molar-refractivity contribution in [3.8, 4) is 0 Å². The number of rotatable bonds is 3. The summed E-state index contributed by atoms with van der Waals surface area (Å²) in [5.41, 5.74) is 6.54. The molecule has 2 N–H and O–H groups in total. The number of nitrogens with zero attached hydrogens (tertiary/aromatic N) is 3. The molecule has 0 fully saturated rings. The van der Waals surface area contributed by atoms with Gasteiger partial charge in [0.05, 0.1) is 19.3 Å². The van der Waals surface area contributed by atoms with Gasteiger partial charge >= 0.3 is 6.09 Å². The Labute approximate surface area is 88.4 Å². The molecule has 0 saturated carbocycles. The summed E-state index contributed by atoms with van der Waals surface area (Å²) in [6.07, 6.45) is 1.89. The Morgan fingerprint density at radius 1 is 1.73 bits per heavy atom. The zero-order chi connectivity index (χ0) is 11.4. The lowest BCUT2D eigenvalue weighted by atomic mass is 9.98. The minimum Gasteiger partial charge on any atom is -0.451 e. The minimum atomic E-state index is -0.565. The molecule has 6 nitrogen and oxygen atoms in total. The van der Waals surface area contributed by atoms with E-state index in [1.165, 1.54) is 13.3 Å². The van der Waals surface area contributed by atoms with E-state index in [9.17, 15) is 4.79 Å². The normalized spacial score (nSPS) is 14.7. The molecule has 84 valence electrons. The molecule has 1 heterocycles. The van der Waals surface area contributed by atoms with Gasteiger partial charge in [0, 0.05) is 0 Å². The monoisotopic (exact) mass is 212 g/mol. The van der Waals surface area contributed by atoms with E-state index in [0.717, 1.165) is 11.1 Å². The number of methoxy groups -OCH3 is 1. The van der Waals surface area contributed by atoms with E-state index >= 15 is 0 Å². The van der Waals surface area contributed by atoms with Gasteiger partial charge < -0.3 is 10.5 Å². The smallest absolute Gasteiger partial charge is 0.435 e. The Morgan fingerprint density at radius 2 is 2.40 bits per heavy atom. The molecule has 2 unspecified atom stereocenters. The number of ether oxygens (including phenoxy) is 1. The van der Waals surface area contributed by atoms with Gasteiger partial charge in [-0.2, -0.15) is 4.68 Å².